The minimum absolute atomic E-state index is 0.273. The van der Waals surface area contributed by atoms with Gasteiger partial charge in [-0.2, -0.15) is 0 Å². The number of hydrogen-bond donors (Lipinski definition) is 1. The molecule has 0 amide bonds. The monoisotopic (exact) mass is 381 g/mol. The number of carboxylic acids is 1. The van der Waals surface area contributed by atoms with E-state index in [2.05, 4.69) is 11.9 Å². The molecule has 28 heavy (non-hydrogen) atoms. The number of carbonyl (C=O) groups is 1. The van der Waals surface area contributed by atoms with Crippen molar-refractivity contribution in [2.45, 2.75) is 58.3 Å². The van der Waals surface area contributed by atoms with E-state index in [9.17, 15) is 4.79 Å². The predicted octanol–water partition coefficient (Wildman–Crippen LogP) is 6.65. The van der Waals surface area contributed by atoms with Gasteiger partial charge in [0, 0.05) is 6.21 Å². The first-order chi connectivity index (χ1) is 13.7. The molecule has 2 rings (SSSR count). The Balaban J connectivity index is 1.66. The van der Waals surface area contributed by atoms with Crippen LogP contribution in [0.25, 0.3) is 0 Å². The van der Waals surface area contributed by atoms with Crippen molar-refractivity contribution in [1.82, 2.24) is 0 Å². The third kappa shape index (κ3) is 8.38. The highest BCUT2D eigenvalue weighted by molar-refractivity contribution is 5.89. The number of carboxylic acid groups (broad SMARTS) is 1. The van der Waals surface area contributed by atoms with Crippen LogP contribution in [0.15, 0.2) is 53.5 Å². The summed E-state index contributed by atoms with van der Waals surface area (Å²) in [4.78, 5) is 15.3. The average molecular weight is 382 g/mol. The highest BCUT2D eigenvalue weighted by Crippen LogP contribution is 2.19. The maximum absolute atomic E-state index is 10.9. The summed E-state index contributed by atoms with van der Waals surface area (Å²) in [7, 11) is 0. The molecule has 0 atom stereocenters. The molecule has 0 aliphatic heterocycles. The zero-order chi connectivity index (χ0) is 20.0. The minimum atomic E-state index is -0.925. The van der Waals surface area contributed by atoms with Crippen molar-refractivity contribution in [3.63, 3.8) is 0 Å². The second-order valence-electron chi connectivity index (χ2n) is 7.00. The molecule has 0 bridgehead atoms. The fraction of sp³-hybridized carbons (Fsp3) is 0.417. The standard InChI is InChI=1S/C24H31NO3/c1-2-3-4-5-6-7-8-9-18-28-23-16-14-22(15-17-23)25-19-20-10-12-21(13-11-20)24(26)27/h10-17,19H,2-9,18H2,1H3,(H,26,27). The van der Waals surface area contributed by atoms with Gasteiger partial charge in [0.15, 0.2) is 0 Å². The lowest BCUT2D eigenvalue weighted by Gasteiger charge is -2.06. The Morgan fingerprint density at radius 3 is 2.11 bits per heavy atom. The van der Waals surface area contributed by atoms with Gasteiger partial charge in [-0.1, -0.05) is 64.0 Å². The van der Waals surface area contributed by atoms with Gasteiger partial charge in [0.05, 0.1) is 17.9 Å². The van der Waals surface area contributed by atoms with E-state index < -0.39 is 5.97 Å². The van der Waals surface area contributed by atoms with Crippen LogP contribution >= 0.6 is 0 Å². The van der Waals surface area contributed by atoms with E-state index in [1.807, 2.05) is 24.3 Å². The first-order valence-corrected chi connectivity index (χ1v) is 10.3. The summed E-state index contributed by atoms with van der Waals surface area (Å²) in [6.07, 6.45) is 12.1. The van der Waals surface area contributed by atoms with Gasteiger partial charge < -0.3 is 9.84 Å². The Kier molecular flexibility index (Phi) is 9.84. The lowest BCUT2D eigenvalue weighted by atomic mass is 10.1. The molecular formula is C24H31NO3. The van der Waals surface area contributed by atoms with Crippen LogP contribution in [-0.2, 0) is 0 Å². The van der Waals surface area contributed by atoms with Gasteiger partial charge >= 0.3 is 5.97 Å². The van der Waals surface area contributed by atoms with Gasteiger partial charge in [-0.3, -0.25) is 4.99 Å². The van der Waals surface area contributed by atoms with Crippen molar-refractivity contribution < 1.29 is 14.6 Å². The molecule has 2 aromatic carbocycles. The number of unbranched alkanes of at least 4 members (excludes halogenated alkanes) is 7. The molecule has 0 saturated heterocycles. The van der Waals surface area contributed by atoms with E-state index >= 15 is 0 Å². The molecule has 0 aromatic heterocycles. The number of benzene rings is 2. The average Bonchev–Trinajstić information content (AvgIpc) is 2.72. The summed E-state index contributed by atoms with van der Waals surface area (Å²) in [6.45, 7) is 3.01. The highest BCUT2D eigenvalue weighted by atomic mass is 16.5. The number of aliphatic imine (C=N–C) groups is 1. The molecule has 0 radical (unpaired) electrons. The van der Waals surface area contributed by atoms with Gasteiger partial charge in [0.2, 0.25) is 0 Å². The summed E-state index contributed by atoms with van der Waals surface area (Å²) >= 11 is 0. The molecule has 2 aromatic rings. The summed E-state index contributed by atoms with van der Waals surface area (Å²) in [6, 6.07) is 14.4. The van der Waals surface area contributed by atoms with Crippen molar-refractivity contribution in [1.29, 1.82) is 0 Å². The largest absolute Gasteiger partial charge is 0.494 e. The van der Waals surface area contributed by atoms with Gasteiger partial charge in [0.1, 0.15) is 5.75 Å². The Bertz CT molecular complexity index is 721. The van der Waals surface area contributed by atoms with Gasteiger partial charge in [-0.05, 0) is 48.4 Å². The molecule has 0 heterocycles. The van der Waals surface area contributed by atoms with Crippen LogP contribution < -0.4 is 4.74 Å². The molecule has 4 heteroatoms. The minimum Gasteiger partial charge on any atom is -0.494 e. The van der Waals surface area contributed by atoms with E-state index in [1.165, 1.54) is 44.9 Å². The normalized spacial score (nSPS) is 11.0. The van der Waals surface area contributed by atoms with E-state index in [4.69, 9.17) is 9.84 Å². The fourth-order valence-corrected chi connectivity index (χ4v) is 2.92. The van der Waals surface area contributed by atoms with Crippen molar-refractivity contribution >= 4 is 17.9 Å². The number of rotatable bonds is 13. The molecule has 0 fully saturated rings. The van der Waals surface area contributed by atoms with Crippen LogP contribution in [0.3, 0.4) is 0 Å². The van der Waals surface area contributed by atoms with Gasteiger partial charge in [-0.25, -0.2) is 4.79 Å². The third-order valence-electron chi connectivity index (χ3n) is 4.62. The lowest BCUT2D eigenvalue weighted by molar-refractivity contribution is 0.0697. The van der Waals surface area contributed by atoms with Gasteiger partial charge in [0.25, 0.3) is 0 Å². The predicted molar refractivity (Wildman–Crippen MR) is 115 cm³/mol. The SMILES string of the molecule is CCCCCCCCCCOc1ccc(N=Cc2ccc(C(=O)O)cc2)cc1. The van der Waals surface area contributed by atoms with E-state index in [0.717, 1.165) is 30.0 Å². The molecule has 0 aliphatic carbocycles. The topological polar surface area (TPSA) is 58.9 Å². The van der Waals surface area contributed by atoms with Crippen LogP contribution in [0.2, 0.25) is 0 Å². The zero-order valence-electron chi connectivity index (χ0n) is 16.8. The van der Waals surface area contributed by atoms with Gasteiger partial charge in [-0.15, -0.1) is 0 Å². The zero-order valence-corrected chi connectivity index (χ0v) is 16.8. The van der Waals surface area contributed by atoms with Crippen molar-refractivity contribution in [2.24, 2.45) is 4.99 Å². The summed E-state index contributed by atoms with van der Waals surface area (Å²) in [5, 5.41) is 8.91. The van der Waals surface area contributed by atoms with Crippen LogP contribution in [0.5, 0.6) is 5.75 Å². The number of nitrogens with zero attached hydrogens (tertiary/aromatic N) is 1. The van der Waals surface area contributed by atoms with Crippen LogP contribution in [0, 0.1) is 0 Å². The molecule has 150 valence electrons. The first-order valence-electron chi connectivity index (χ1n) is 10.3. The maximum atomic E-state index is 10.9. The molecule has 1 N–H and O–H groups in total. The maximum Gasteiger partial charge on any atom is 0.335 e. The first kappa shape index (κ1) is 21.7. The molecule has 0 saturated carbocycles. The summed E-state index contributed by atoms with van der Waals surface area (Å²) in [5.74, 6) is -0.0567. The molecular weight excluding hydrogens is 350 g/mol. The molecule has 0 unspecified atom stereocenters. The second-order valence-corrected chi connectivity index (χ2v) is 7.00. The highest BCUT2D eigenvalue weighted by Gasteiger charge is 2.00. The number of ether oxygens (including phenoxy) is 1. The van der Waals surface area contributed by atoms with E-state index in [0.29, 0.717) is 0 Å². The second kappa shape index (κ2) is 12.7. The Morgan fingerprint density at radius 2 is 1.50 bits per heavy atom. The molecule has 0 spiro atoms. The quantitative estimate of drug-likeness (QED) is 0.312. The van der Waals surface area contributed by atoms with Crippen LogP contribution in [0.4, 0.5) is 5.69 Å². The molecule has 0 aliphatic rings. The van der Waals surface area contributed by atoms with Crippen molar-refractivity contribution in [3.05, 3.63) is 59.7 Å². The smallest absolute Gasteiger partial charge is 0.335 e. The summed E-state index contributed by atoms with van der Waals surface area (Å²) in [5.41, 5.74) is 1.97. The lowest BCUT2D eigenvalue weighted by Crippen LogP contribution is -1.97. The number of aromatic carboxylic acids is 1. The summed E-state index contributed by atoms with van der Waals surface area (Å²) < 4.78 is 5.80. The third-order valence-corrected chi connectivity index (χ3v) is 4.62. The fourth-order valence-electron chi connectivity index (χ4n) is 2.92. The van der Waals surface area contributed by atoms with E-state index in [-0.39, 0.29) is 5.56 Å². The Morgan fingerprint density at radius 1 is 0.893 bits per heavy atom. The van der Waals surface area contributed by atoms with Crippen LogP contribution in [-0.4, -0.2) is 23.9 Å². The van der Waals surface area contributed by atoms with Crippen molar-refractivity contribution in [3.8, 4) is 5.75 Å². The Labute approximate surface area is 168 Å². The molecule has 4 nitrogen and oxygen atoms in total. The van der Waals surface area contributed by atoms with E-state index in [1.54, 1.807) is 30.5 Å². The Hall–Kier alpha value is -2.62. The number of hydrogen-bond acceptors (Lipinski definition) is 3. The van der Waals surface area contributed by atoms with Crippen molar-refractivity contribution in [2.75, 3.05) is 6.61 Å². The van der Waals surface area contributed by atoms with Crippen LogP contribution in [0.1, 0.15) is 74.2 Å².